The summed E-state index contributed by atoms with van der Waals surface area (Å²) in [4.78, 5) is 17.8. The highest BCUT2D eigenvalue weighted by Crippen LogP contribution is 2.48. The Kier molecular flexibility index (Phi) is 10.6. The molecule has 0 bridgehead atoms. The van der Waals surface area contributed by atoms with E-state index in [1.54, 1.807) is 18.3 Å². The van der Waals surface area contributed by atoms with Gasteiger partial charge >= 0.3 is 22.8 Å². The van der Waals surface area contributed by atoms with Crippen LogP contribution in [0, 0.1) is 13.8 Å². The standard InChI is InChI=1S/C32H50N2O7Si2/c1-12-18-36-30-29-26(19-37-42(20(2)3,21(4)5)41-43(40-29,22(6)7)23(8)9)38-31(30)34-17-16-27(33-32(34)35)39-28-24(10)14-13-15-25(28)11/h12-17,20-23,26,29-31H,1,18-19H2,2-11H3/t26-,29-,30-,31-/m1/s1. The van der Waals surface area contributed by atoms with Crippen LogP contribution >= 0.6 is 0 Å². The van der Waals surface area contributed by atoms with Gasteiger partial charge in [0.2, 0.25) is 5.88 Å². The number of aryl methyl sites for hydroxylation is 2. The van der Waals surface area contributed by atoms with Crippen LogP contribution in [0.5, 0.6) is 11.6 Å². The van der Waals surface area contributed by atoms with Crippen molar-refractivity contribution in [3.05, 3.63) is 64.7 Å². The fraction of sp³-hybridized carbons (Fsp3) is 0.625. The first-order valence-electron chi connectivity index (χ1n) is 15.5. The molecule has 0 aliphatic carbocycles. The molecule has 2 fully saturated rings. The fourth-order valence-corrected chi connectivity index (χ4v) is 17.6. The first kappa shape index (κ1) is 33.8. The van der Waals surface area contributed by atoms with E-state index < -0.39 is 47.4 Å². The van der Waals surface area contributed by atoms with Gasteiger partial charge in [0.1, 0.15) is 24.1 Å². The van der Waals surface area contributed by atoms with Crippen molar-refractivity contribution in [3.63, 3.8) is 0 Å². The zero-order valence-electron chi connectivity index (χ0n) is 27.5. The SMILES string of the molecule is C=CCO[C@@H]1[C@@H]2O[Si](C(C)C)(C(C)C)O[Si](C(C)C)(C(C)C)OC[C@H]2O[C@H]1n1ccc(Oc2c(C)cccc2C)nc1=O. The summed E-state index contributed by atoms with van der Waals surface area (Å²) in [5, 5.41) is 0. The van der Waals surface area contributed by atoms with E-state index >= 15 is 0 Å². The molecule has 43 heavy (non-hydrogen) atoms. The van der Waals surface area contributed by atoms with Crippen molar-refractivity contribution < 1.29 is 27.2 Å². The molecule has 0 spiro atoms. The quantitative estimate of drug-likeness (QED) is 0.203. The van der Waals surface area contributed by atoms with Crippen molar-refractivity contribution in [3.8, 4) is 11.6 Å². The Morgan fingerprint density at radius 3 is 2.14 bits per heavy atom. The molecule has 2 aliphatic heterocycles. The van der Waals surface area contributed by atoms with Crippen LogP contribution < -0.4 is 10.4 Å². The fourth-order valence-electron chi connectivity index (χ4n) is 6.42. The van der Waals surface area contributed by atoms with Gasteiger partial charge in [0.25, 0.3) is 0 Å². The molecule has 238 valence electrons. The summed E-state index contributed by atoms with van der Waals surface area (Å²) in [5.41, 5.74) is 2.12. The van der Waals surface area contributed by atoms with E-state index in [1.807, 2.05) is 32.0 Å². The topological polar surface area (TPSA) is 90.3 Å². The Bertz CT molecular complexity index is 1290. The molecule has 2 saturated heterocycles. The highest BCUT2D eigenvalue weighted by Gasteiger charge is 2.62. The smallest absolute Gasteiger partial charge is 0.353 e. The van der Waals surface area contributed by atoms with Crippen LogP contribution in [0.15, 0.2) is 47.9 Å². The number of nitrogens with zero attached hydrogens (tertiary/aromatic N) is 2. The summed E-state index contributed by atoms with van der Waals surface area (Å²) in [6.07, 6.45) is 0.969. The number of hydrogen-bond donors (Lipinski definition) is 0. The summed E-state index contributed by atoms with van der Waals surface area (Å²) in [7, 11) is -5.68. The van der Waals surface area contributed by atoms with Gasteiger partial charge in [0.05, 0.1) is 13.2 Å². The summed E-state index contributed by atoms with van der Waals surface area (Å²) in [5.74, 6) is 0.905. The lowest BCUT2D eigenvalue weighted by molar-refractivity contribution is -0.0683. The average molecular weight is 631 g/mol. The van der Waals surface area contributed by atoms with Crippen LogP contribution in [-0.4, -0.2) is 58.2 Å². The van der Waals surface area contributed by atoms with Crippen LogP contribution in [0.4, 0.5) is 0 Å². The number of para-hydroxylation sites is 1. The van der Waals surface area contributed by atoms with Crippen molar-refractivity contribution in [2.24, 2.45) is 0 Å². The molecule has 4 rings (SSSR count). The minimum atomic E-state index is -2.93. The highest BCUT2D eigenvalue weighted by molar-refractivity contribution is 6.84. The molecule has 3 heterocycles. The van der Waals surface area contributed by atoms with Gasteiger partial charge in [-0.05, 0) is 47.1 Å². The van der Waals surface area contributed by atoms with E-state index in [9.17, 15) is 4.79 Å². The molecule has 0 N–H and O–H groups in total. The number of aromatic nitrogens is 2. The lowest BCUT2D eigenvalue weighted by Crippen LogP contribution is -2.66. The maximum Gasteiger partial charge on any atom is 0.353 e. The van der Waals surface area contributed by atoms with E-state index in [-0.39, 0.29) is 41.3 Å². The van der Waals surface area contributed by atoms with Gasteiger partial charge in [-0.1, -0.05) is 79.7 Å². The van der Waals surface area contributed by atoms with Crippen molar-refractivity contribution in [2.45, 2.75) is 116 Å². The van der Waals surface area contributed by atoms with Gasteiger partial charge in [0, 0.05) is 12.3 Å². The molecule has 4 atom stereocenters. The van der Waals surface area contributed by atoms with E-state index in [0.717, 1.165) is 11.1 Å². The number of benzene rings is 1. The number of ether oxygens (including phenoxy) is 3. The molecule has 0 radical (unpaired) electrons. The van der Waals surface area contributed by atoms with Crippen LogP contribution in [0.25, 0.3) is 0 Å². The predicted molar refractivity (Wildman–Crippen MR) is 172 cm³/mol. The summed E-state index contributed by atoms with van der Waals surface area (Å²) < 4.78 is 41.9. The van der Waals surface area contributed by atoms with Gasteiger partial charge in [0.15, 0.2) is 6.23 Å². The third-order valence-electron chi connectivity index (χ3n) is 8.72. The maximum atomic E-state index is 13.5. The second kappa shape index (κ2) is 13.5. The summed E-state index contributed by atoms with van der Waals surface area (Å²) >= 11 is 0. The van der Waals surface area contributed by atoms with Crippen LogP contribution in [-0.2, 0) is 22.4 Å². The first-order chi connectivity index (χ1) is 20.3. The first-order valence-corrected chi connectivity index (χ1v) is 19.4. The van der Waals surface area contributed by atoms with E-state index in [4.69, 9.17) is 27.2 Å². The van der Waals surface area contributed by atoms with Crippen molar-refractivity contribution in [2.75, 3.05) is 13.2 Å². The van der Waals surface area contributed by atoms with Crippen molar-refractivity contribution in [1.29, 1.82) is 0 Å². The lowest BCUT2D eigenvalue weighted by Gasteiger charge is -2.51. The number of fused-ring (bicyclic) bond motifs is 1. The number of rotatable bonds is 10. The van der Waals surface area contributed by atoms with Crippen LogP contribution in [0.1, 0.15) is 72.7 Å². The van der Waals surface area contributed by atoms with Gasteiger partial charge < -0.3 is 27.2 Å². The molecule has 2 aromatic rings. The van der Waals surface area contributed by atoms with Crippen molar-refractivity contribution >= 4 is 17.1 Å². The Morgan fingerprint density at radius 2 is 1.60 bits per heavy atom. The van der Waals surface area contributed by atoms with Gasteiger partial charge in [-0.25, -0.2) is 4.79 Å². The maximum absolute atomic E-state index is 13.5. The van der Waals surface area contributed by atoms with E-state index in [2.05, 4.69) is 67.0 Å². The van der Waals surface area contributed by atoms with Crippen LogP contribution in [0.3, 0.4) is 0 Å². The molecule has 0 amide bonds. The molecule has 1 aromatic heterocycles. The molecular weight excluding hydrogens is 581 g/mol. The zero-order valence-corrected chi connectivity index (χ0v) is 29.5. The molecule has 2 aliphatic rings. The van der Waals surface area contributed by atoms with E-state index in [0.29, 0.717) is 5.75 Å². The third kappa shape index (κ3) is 6.49. The minimum Gasteiger partial charge on any atom is -0.438 e. The Labute approximate surface area is 259 Å². The normalized spacial score (nSPS) is 25.2. The summed E-state index contributed by atoms with van der Waals surface area (Å²) in [6, 6.07) is 7.57. The Balaban J connectivity index is 1.75. The van der Waals surface area contributed by atoms with E-state index in [1.165, 1.54) is 4.57 Å². The second-order valence-corrected chi connectivity index (χ2v) is 21.8. The largest absolute Gasteiger partial charge is 0.438 e. The molecule has 1 aromatic carbocycles. The Morgan fingerprint density at radius 1 is 1.00 bits per heavy atom. The molecule has 9 nitrogen and oxygen atoms in total. The average Bonchev–Trinajstić information content (AvgIpc) is 3.24. The van der Waals surface area contributed by atoms with Crippen LogP contribution in [0.2, 0.25) is 22.2 Å². The van der Waals surface area contributed by atoms with Gasteiger partial charge in [-0.3, -0.25) is 4.57 Å². The molecule has 0 saturated carbocycles. The molecular formula is C32H50N2O7Si2. The number of hydrogen-bond acceptors (Lipinski definition) is 8. The third-order valence-corrected chi connectivity index (χ3v) is 19.0. The highest BCUT2D eigenvalue weighted by atomic mass is 28.5. The Hall–Kier alpha value is -2.13. The van der Waals surface area contributed by atoms with Crippen molar-refractivity contribution in [1.82, 2.24) is 9.55 Å². The minimum absolute atomic E-state index is 0.143. The monoisotopic (exact) mass is 630 g/mol. The second-order valence-electron chi connectivity index (χ2n) is 13.0. The predicted octanol–water partition coefficient (Wildman–Crippen LogP) is 7.08. The summed E-state index contributed by atoms with van der Waals surface area (Å²) in [6.45, 7) is 25.8. The van der Waals surface area contributed by atoms with Gasteiger partial charge in [-0.2, -0.15) is 4.98 Å². The molecule has 0 unspecified atom stereocenters. The van der Waals surface area contributed by atoms with Gasteiger partial charge in [-0.15, -0.1) is 6.58 Å². The molecule has 11 heteroatoms. The zero-order chi connectivity index (χ0) is 31.7. The lowest BCUT2D eigenvalue weighted by atomic mass is 10.1.